The van der Waals surface area contributed by atoms with Crippen molar-refractivity contribution >= 4 is 23.2 Å². The van der Waals surface area contributed by atoms with Crippen molar-refractivity contribution in [3.05, 3.63) is 63.4 Å². The van der Waals surface area contributed by atoms with Crippen LogP contribution in [0.2, 0.25) is 10.0 Å². The number of para-hydroxylation sites is 1. The maximum Gasteiger partial charge on any atom is 0.142 e. The zero-order valence-electron chi connectivity index (χ0n) is 10.9. The van der Waals surface area contributed by atoms with E-state index in [0.717, 1.165) is 5.56 Å². The largest absolute Gasteiger partial charge is 0.487 e. The van der Waals surface area contributed by atoms with Gasteiger partial charge >= 0.3 is 0 Å². The van der Waals surface area contributed by atoms with Crippen molar-refractivity contribution in [3.8, 4) is 5.75 Å². The Hall–Kier alpha value is -1.29. The Kier molecular flexibility index (Phi) is 5.24. The van der Waals surface area contributed by atoms with Crippen molar-refractivity contribution in [1.29, 1.82) is 0 Å². The average molecular weight is 314 g/mol. The molecule has 0 aromatic heterocycles. The van der Waals surface area contributed by atoms with Crippen molar-refractivity contribution in [1.82, 2.24) is 5.32 Å². The summed E-state index contributed by atoms with van der Waals surface area (Å²) < 4.78 is 19.4. The normalized spacial score (nSPS) is 10.6. The van der Waals surface area contributed by atoms with Gasteiger partial charge < -0.3 is 10.1 Å². The molecule has 0 fully saturated rings. The maximum absolute atomic E-state index is 13.7. The van der Waals surface area contributed by atoms with E-state index in [9.17, 15) is 4.39 Å². The van der Waals surface area contributed by atoms with Crippen LogP contribution in [-0.2, 0) is 13.2 Å². The van der Waals surface area contributed by atoms with Crippen molar-refractivity contribution in [2.75, 3.05) is 7.05 Å². The predicted molar refractivity (Wildman–Crippen MR) is 80.0 cm³/mol. The van der Waals surface area contributed by atoms with Gasteiger partial charge in [0.1, 0.15) is 18.2 Å². The Balaban J connectivity index is 2.18. The minimum Gasteiger partial charge on any atom is -0.487 e. The van der Waals surface area contributed by atoms with Gasteiger partial charge in [-0.05, 0) is 25.2 Å². The summed E-state index contributed by atoms with van der Waals surface area (Å²) in [5.41, 5.74) is 1.36. The van der Waals surface area contributed by atoms with E-state index in [0.29, 0.717) is 27.9 Å². The molecule has 0 atom stereocenters. The van der Waals surface area contributed by atoms with Crippen LogP contribution < -0.4 is 10.1 Å². The lowest BCUT2D eigenvalue weighted by Crippen LogP contribution is -2.08. The van der Waals surface area contributed by atoms with Crippen LogP contribution in [0.3, 0.4) is 0 Å². The molecule has 0 spiro atoms. The second kappa shape index (κ2) is 6.93. The highest BCUT2D eigenvalue weighted by Crippen LogP contribution is 2.29. The average Bonchev–Trinajstić information content (AvgIpc) is 2.40. The third-order valence-corrected chi connectivity index (χ3v) is 3.34. The molecule has 5 heteroatoms. The van der Waals surface area contributed by atoms with Crippen LogP contribution in [0.5, 0.6) is 5.75 Å². The molecule has 0 saturated heterocycles. The zero-order chi connectivity index (χ0) is 14.5. The minimum absolute atomic E-state index is 0.101. The molecule has 0 aliphatic heterocycles. The third kappa shape index (κ3) is 3.63. The molecule has 0 radical (unpaired) electrons. The second-order valence-electron chi connectivity index (χ2n) is 4.28. The lowest BCUT2D eigenvalue weighted by atomic mass is 10.2. The molecule has 0 heterocycles. The van der Waals surface area contributed by atoms with E-state index >= 15 is 0 Å². The fourth-order valence-electron chi connectivity index (χ4n) is 1.83. The molecule has 2 rings (SSSR count). The standard InChI is InChI=1S/C15H14Cl2FNO/c1-19-8-10-3-2-4-13(17)15(10)20-9-11-5-6-12(16)7-14(11)18/h2-7,19H,8-9H2,1H3. The smallest absolute Gasteiger partial charge is 0.142 e. The van der Waals surface area contributed by atoms with Gasteiger partial charge in [0.2, 0.25) is 0 Å². The van der Waals surface area contributed by atoms with E-state index in [2.05, 4.69) is 5.32 Å². The summed E-state index contributed by atoms with van der Waals surface area (Å²) >= 11 is 11.8. The Morgan fingerprint density at radius 2 is 1.95 bits per heavy atom. The number of hydrogen-bond donors (Lipinski definition) is 1. The molecular formula is C15H14Cl2FNO. The summed E-state index contributed by atoms with van der Waals surface area (Å²) in [6, 6.07) is 10.0. The van der Waals surface area contributed by atoms with Crippen LogP contribution in [0, 0.1) is 5.82 Å². The quantitative estimate of drug-likeness (QED) is 0.881. The summed E-state index contributed by atoms with van der Waals surface area (Å²) in [5.74, 6) is 0.178. The molecule has 0 bridgehead atoms. The highest BCUT2D eigenvalue weighted by atomic mass is 35.5. The van der Waals surface area contributed by atoms with E-state index < -0.39 is 0 Å². The predicted octanol–water partition coefficient (Wildman–Crippen LogP) is 4.43. The molecule has 2 aromatic rings. The van der Waals surface area contributed by atoms with E-state index in [-0.39, 0.29) is 12.4 Å². The zero-order valence-corrected chi connectivity index (χ0v) is 12.4. The highest BCUT2D eigenvalue weighted by molar-refractivity contribution is 6.32. The van der Waals surface area contributed by atoms with Gasteiger partial charge in [-0.25, -0.2) is 4.39 Å². The number of rotatable bonds is 5. The van der Waals surface area contributed by atoms with Crippen molar-refractivity contribution < 1.29 is 9.13 Å². The minimum atomic E-state index is -0.389. The van der Waals surface area contributed by atoms with E-state index in [1.807, 2.05) is 19.2 Å². The molecule has 0 unspecified atom stereocenters. The fraction of sp³-hybridized carbons (Fsp3) is 0.200. The first-order valence-electron chi connectivity index (χ1n) is 6.10. The Morgan fingerprint density at radius 1 is 1.15 bits per heavy atom. The molecule has 2 nitrogen and oxygen atoms in total. The number of halogens is 3. The summed E-state index contributed by atoms with van der Waals surface area (Å²) in [7, 11) is 1.84. The lowest BCUT2D eigenvalue weighted by Gasteiger charge is -2.13. The SMILES string of the molecule is CNCc1cccc(Cl)c1OCc1ccc(Cl)cc1F. The molecule has 20 heavy (non-hydrogen) atoms. The molecule has 1 N–H and O–H groups in total. The fourth-order valence-corrected chi connectivity index (χ4v) is 2.24. The topological polar surface area (TPSA) is 21.3 Å². The molecule has 2 aromatic carbocycles. The van der Waals surface area contributed by atoms with Crippen LogP contribution in [0.15, 0.2) is 36.4 Å². The molecule has 0 aliphatic carbocycles. The monoisotopic (exact) mass is 313 g/mol. The van der Waals surface area contributed by atoms with Crippen LogP contribution in [0.1, 0.15) is 11.1 Å². The first kappa shape index (κ1) is 15.1. The van der Waals surface area contributed by atoms with Gasteiger partial charge in [-0.3, -0.25) is 0 Å². The summed E-state index contributed by atoms with van der Waals surface area (Å²) in [5, 5.41) is 3.91. The molecule has 106 valence electrons. The van der Waals surface area contributed by atoms with Crippen molar-refractivity contribution in [2.45, 2.75) is 13.2 Å². The van der Waals surface area contributed by atoms with Crippen molar-refractivity contribution in [2.24, 2.45) is 0 Å². The van der Waals surface area contributed by atoms with E-state index in [4.69, 9.17) is 27.9 Å². The lowest BCUT2D eigenvalue weighted by molar-refractivity contribution is 0.296. The second-order valence-corrected chi connectivity index (χ2v) is 5.13. The van der Waals surface area contributed by atoms with Crippen LogP contribution >= 0.6 is 23.2 Å². The Morgan fingerprint density at radius 3 is 2.65 bits per heavy atom. The number of nitrogens with one attached hydrogen (secondary N) is 1. The van der Waals surface area contributed by atoms with Crippen LogP contribution in [0.4, 0.5) is 4.39 Å². The van der Waals surface area contributed by atoms with Crippen molar-refractivity contribution in [3.63, 3.8) is 0 Å². The van der Waals surface area contributed by atoms with Crippen LogP contribution in [-0.4, -0.2) is 7.05 Å². The number of hydrogen-bond acceptors (Lipinski definition) is 2. The van der Waals surface area contributed by atoms with Gasteiger partial charge in [-0.2, -0.15) is 0 Å². The van der Waals surface area contributed by atoms with E-state index in [1.165, 1.54) is 6.07 Å². The molecular weight excluding hydrogens is 300 g/mol. The van der Waals surface area contributed by atoms with Gasteiger partial charge in [-0.1, -0.05) is 41.4 Å². The van der Waals surface area contributed by atoms with Crippen LogP contribution in [0.25, 0.3) is 0 Å². The highest BCUT2D eigenvalue weighted by Gasteiger charge is 2.10. The summed E-state index contributed by atoms with van der Waals surface area (Å²) in [6.45, 7) is 0.725. The van der Waals surface area contributed by atoms with Gasteiger partial charge in [0, 0.05) is 22.7 Å². The summed E-state index contributed by atoms with van der Waals surface area (Å²) in [6.07, 6.45) is 0. The summed E-state index contributed by atoms with van der Waals surface area (Å²) in [4.78, 5) is 0. The Labute approximate surface area is 127 Å². The van der Waals surface area contributed by atoms with Gasteiger partial charge in [0.05, 0.1) is 5.02 Å². The van der Waals surface area contributed by atoms with Gasteiger partial charge in [0.25, 0.3) is 0 Å². The number of benzene rings is 2. The first-order valence-corrected chi connectivity index (χ1v) is 6.86. The maximum atomic E-state index is 13.7. The van der Waals surface area contributed by atoms with Gasteiger partial charge in [0.15, 0.2) is 0 Å². The molecule has 0 saturated carbocycles. The Bertz CT molecular complexity index is 604. The van der Waals surface area contributed by atoms with Gasteiger partial charge in [-0.15, -0.1) is 0 Å². The first-order chi connectivity index (χ1) is 9.61. The molecule has 0 aliphatic rings. The third-order valence-electron chi connectivity index (χ3n) is 2.80. The molecule has 0 amide bonds. The van der Waals surface area contributed by atoms with E-state index in [1.54, 1.807) is 18.2 Å². The number of ether oxygens (including phenoxy) is 1.